The first kappa shape index (κ1) is 89.5. The summed E-state index contributed by atoms with van der Waals surface area (Å²) in [5.41, 5.74) is 24.2. The third-order valence-electron chi connectivity index (χ3n) is 28.7. The minimum atomic E-state index is -2.37. The van der Waals surface area contributed by atoms with Crippen molar-refractivity contribution >= 4 is 92.9 Å². The van der Waals surface area contributed by atoms with Crippen LogP contribution in [-0.2, 0) is 137 Å². The summed E-state index contributed by atoms with van der Waals surface area (Å²) in [6.07, 6.45) is 20.5. The van der Waals surface area contributed by atoms with Crippen molar-refractivity contribution in [3.63, 3.8) is 0 Å². The minimum absolute atomic E-state index is 0.0317. The smallest absolute Gasteiger partial charge is 0.239 e. The second-order valence-electron chi connectivity index (χ2n) is 37.4. The Morgan fingerprint density at radius 1 is 0.429 bits per heavy atom. The van der Waals surface area contributed by atoms with E-state index in [2.05, 4.69) is 108 Å². The van der Waals surface area contributed by atoms with Gasteiger partial charge in [0.25, 0.3) is 0 Å². The molecular formula is C98H116Cl2F2N22O9. The fraction of sp³-hybridized carbons (Fsp3) is 0.500. The van der Waals surface area contributed by atoms with Gasteiger partial charge in [0.1, 0.15) is 0 Å². The van der Waals surface area contributed by atoms with Crippen molar-refractivity contribution in [1.82, 2.24) is 88.1 Å². The van der Waals surface area contributed by atoms with E-state index in [4.69, 9.17) is 62.5 Å². The molecule has 0 radical (unpaired) electrons. The minimum Gasteiger partial charge on any atom is -0.391 e. The van der Waals surface area contributed by atoms with Crippen LogP contribution in [0.4, 0.5) is 54.8 Å². The van der Waals surface area contributed by atoms with Crippen molar-refractivity contribution in [3.05, 3.63) is 181 Å². The van der Waals surface area contributed by atoms with E-state index in [-0.39, 0.29) is 60.1 Å². The van der Waals surface area contributed by atoms with Crippen LogP contribution >= 0.6 is 23.2 Å². The number of ether oxygens (including phenoxy) is 4. The molecule has 0 bridgehead atoms. The Labute approximate surface area is 781 Å². The Morgan fingerprint density at radius 2 is 0.805 bits per heavy atom. The van der Waals surface area contributed by atoms with Crippen LogP contribution in [0.2, 0.25) is 10.0 Å². The molecule has 133 heavy (non-hydrogen) atoms. The maximum Gasteiger partial charge on any atom is 0.239 e. The molecule has 4 aromatic carbocycles. The summed E-state index contributed by atoms with van der Waals surface area (Å²) >= 11 is 13.5. The monoisotopic (exact) mass is 1850 g/mol. The standard InChI is InChI=1S/C27H32F2N6O2.C25H29ClN6O2.C25H30N6O3.C21H25ClN4O2/c1-17(36)33-7-5-25-23(15-33)27(31-35(25)22-6-8-37-16-22)34-13-18(10-26(28)29)9-20-11-19(3-4-24(20)34)21-12-30-32(2)14-21;1-16(33)30-10-7-23-21(14-30)25(28-32(23)18-8-11-34-15-18)31-9-3-4-20-22(31)6-5-19(24(20)26)17-12-27-29(2)13-17;1-16(32)29-7-5-24-22(14-29)25(27-31(24)20-6-8-34-15-20)30-13-21(33)10-18-9-17(3-4-23(18)30)19-11-26-28(2)12-19;1-14(27)24-10-7-20-17(12-24)21(23-26(20)15-8-11-28-13-15)25-9-3-4-16-18(22)5-2-6-19(16)25/h3-4,11-12,14,18,22,26H,5-10,13,15-16H2,1-2H3;5-6,12-13,18H,3-4,7-11,14-15H2,1-2H3;3-4,9,11-12,20-21,33H,5-8,10,13-15H2,1-2H3;2,5-6,15H,3-4,7-13H2,1H3/t18?,22-;18-;20-,21?;15-/m0000/s1. The molecule has 12 aliphatic heterocycles. The van der Waals surface area contributed by atoms with E-state index < -0.39 is 12.5 Å². The Kier molecular flexibility index (Phi) is 25.5. The van der Waals surface area contributed by atoms with E-state index in [0.29, 0.717) is 98.2 Å². The number of halogens is 4. The van der Waals surface area contributed by atoms with E-state index in [1.807, 2.05) is 90.1 Å². The Morgan fingerprint density at radius 3 is 1.19 bits per heavy atom. The number of hydrogen-bond acceptors (Lipinski definition) is 20. The third-order valence-corrected chi connectivity index (χ3v) is 29.5. The van der Waals surface area contributed by atoms with Gasteiger partial charge in [0.2, 0.25) is 30.1 Å². The second kappa shape index (κ2) is 37.9. The van der Waals surface area contributed by atoms with Crippen LogP contribution in [0, 0.1) is 5.92 Å². The summed E-state index contributed by atoms with van der Waals surface area (Å²) in [6.45, 7) is 20.0. The lowest BCUT2D eigenvalue weighted by Gasteiger charge is -2.36. The van der Waals surface area contributed by atoms with Crippen molar-refractivity contribution in [2.45, 2.75) is 187 Å². The zero-order valence-electron chi connectivity index (χ0n) is 76.7. The molecule has 1 N–H and O–H groups in total. The van der Waals surface area contributed by atoms with Gasteiger partial charge in [-0.3, -0.25) is 52.0 Å². The maximum absolute atomic E-state index is 13.6. The second-order valence-corrected chi connectivity index (χ2v) is 38.2. The molecule has 4 saturated heterocycles. The van der Waals surface area contributed by atoms with Crippen LogP contribution in [0.5, 0.6) is 0 Å². The van der Waals surface area contributed by atoms with Gasteiger partial charge in [-0.1, -0.05) is 47.5 Å². The summed E-state index contributed by atoms with van der Waals surface area (Å²) < 4.78 is 63.8. The van der Waals surface area contributed by atoms with Gasteiger partial charge in [0.05, 0.1) is 113 Å². The zero-order chi connectivity index (χ0) is 91.7. The van der Waals surface area contributed by atoms with Gasteiger partial charge in [0.15, 0.2) is 23.3 Å². The first-order chi connectivity index (χ1) is 64.5. The SMILES string of the molecule is CC(=O)N1CCc2c(c(N3CC(CC(F)F)Cc4cc(-c5cnn(C)c5)ccc43)nn2[C@H]2CCOC2)C1.CC(=O)N1CCc2c(c(N3CC(O)Cc4cc(-c5cnn(C)c5)ccc43)nn2[C@H]2CCOC2)C1.CC(=O)N1CCc2c(c(N3CCCc4c(Cl)cccc43)nn2[C@H]2CCOC2)C1.CC(=O)N1CCc2c(c(N3CCCc4c3ccc(-c3cnn(C)c3)c4Cl)nn2[C@H]2CCOC2)C1. The molecule has 12 aliphatic rings. The number of rotatable bonds is 13. The van der Waals surface area contributed by atoms with E-state index in [9.17, 15) is 33.1 Å². The predicted molar refractivity (Wildman–Crippen MR) is 501 cm³/mol. The molecule has 0 saturated carbocycles. The molecule has 700 valence electrons. The molecule has 31 nitrogen and oxygen atoms in total. The molecule has 23 rings (SSSR count). The van der Waals surface area contributed by atoms with Gasteiger partial charge in [-0.25, -0.2) is 8.78 Å². The van der Waals surface area contributed by atoms with Crippen molar-refractivity contribution in [2.75, 3.05) is 125 Å². The van der Waals surface area contributed by atoms with Crippen molar-refractivity contribution in [3.8, 4) is 33.4 Å². The highest BCUT2D eigenvalue weighted by molar-refractivity contribution is 6.34. The number of aliphatic hydroxyl groups is 1. The number of aryl methyl sites for hydroxylation is 3. The molecule has 4 fully saturated rings. The van der Waals surface area contributed by atoms with Gasteiger partial charge in [-0.15, -0.1) is 0 Å². The number of aliphatic hydroxyl groups excluding tert-OH is 1. The highest BCUT2D eigenvalue weighted by atomic mass is 35.5. The zero-order valence-corrected chi connectivity index (χ0v) is 78.2. The van der Waals surface area contributed by atoms with Gasteiger partial charge in [-0.2, -0.15) is 35.7 Å². The first-order valence-corrected chi connectivity index (χ1v) is 47.9. The highest BCUT2D eigenvalue weighted by Crippen LogP contribution is 2.49. The molecule has 35 heteroatoms. The number of β-amino-alcohol motifs (C(OH)–C–C–N with tert-alkyl or cyclic N) is 1. The average Bonchev–Trinajstić information content (AvgIpc) is 1.62. The number of fused-ring (bicyclic) bond motifs is 8. The summed E-state index contributed by atoms with van der Waals surface area (Å²) in [7, 11) is 5.70. The first-order valence-electron chi connectivity index (χ1n) is 47.1. The van der Waals surface area contributed by atoms with Gasteiger partial charge >= 0.3 is 0 Å². The number of anilines is 8. The number of carbonyl (C=O) groups excluding carboxylic acids is 4. The Hall–Kier alpha value is -11.3. The predicted octanol–water partition coefficient (Wildman–Crippen LogP) is 13.7. The van der Waals surface area contributed by atoms with Gasteiger partial charge < -0.3 is 63.3 Å². The fourth-order valence-corrected chi connectivity index (χ4v) is 22.5. The fourth-order valence-electron chi connectivity index (χ4n) is 21.9. The van der Waals surface area contributed by atoms with Gasteiger partial charge in [0, 0.05) is 273 Å². The summed E-state index contributed by atoms with van der Waals surface area (Å²) in [5.74, 6) is 3.70. The number of aromatic nitrogens is 14. The molecule has 2 unspecified atom stereocenters. The summed E-state index contributed by atoms with van der Waals surface area (Å²) in [4.78, 5) is 65.2. The Bertz CT molecular complexity index is 6200. The topological polar surface area (TPSA) is 276 Å². The molecule has 0 spiro atoms. The Balaban J connectivity index is 0.000000111. The molecule has 11 aromatic rings. The maximum atomic E-state index is 13.6. The van der Waals surface area contributed by atoms with Gasteiger partial charge in [-0.05, 0) is 140 Å². The lowest BCUT2D eigenvalue weighted by atomic mass is 9.88. The lowest BCUT2D eigenvalue weighted by Crippen LogP contribution is -2.38. The largest absolute Gasteiger partial charge is 0.391 e. The van der Waals surface area contributed by atoms with Crippen LogP contribution in [0.3, 0.4) is 0 Å². The highest BCUT2D eigenvalue weighted by Gasteiger charge is 2.42. The van der Waals surface area contributed by atoms with E-state index >= 15 is 0 Å². The van der Waals surface area contributed by atoms with Crippen molar-refractivity contribution in [1.29, 1.82) is 0 Å². The quantitative estimate of drug-likeness (QED) is 0.112. The van der Waals surface area contributed by atoms with E-state index in [0.717, 1.165) is 252 Å². The average molecular weight is 1860 g/mol. The molecule has 4 amide bonds. The van der Waals surface area contributed by atoms with Crippen LogP contribution in [0.15, 0.2) is 104 Å². The third kappa shape index (κ3) is 17.8. The molecule has 6 atom stereocenters. The van der Waals surface area contributed by atoms with Crippen molar-refractivity contribution < 1.29 is 52.0 Å². The number of benzene rings is 4. The van der Waals surface area contributed by atoms with Crippen LogP contribution in [0.25, 0.3) is 33.4 Å². The molecule has 7 aromatic heterocycles. The number of nitrogens with zero attached hydrogens (tertiary/aromatic N) is 22. The number of hydrogen-bond donors (Lipinski definition) is 1. The summed E-state index contributed by atoms with van der Waals surface area (Å²) in [5, 5.41) is 45.8. The summed E-state index contributed by atoms with van der Waals surface area (Å²) in [6, 6.07) is 23.9. The molecular weight excluding hydrogens is 1740 g/mol. The normalized spacial score (nSPS) is 21.2. The van der Waals surface area contributed by atoms with Crippen LogP contribution in [0.1, 0.15) is 164 Å². The van der Waals surface area contributed by atoms with Crippen LogP contribution < -0.4 is 19.6 Å². The molecule has 0 aliphatic carbocycles. The van der Waals surface area contributed by atoms with E-state index in [1.165, 1.54) is 28.2 Å². The van der Waals surface area contributed by atoms with Crippen molar-refractivity contribution in [2.24, 2.45) is 27.1 Å². The van der Waals surface area contributed by atoms with Crippen LogP contribution in [-0.4, -0.2) is 235 Å². The lowest BCUT2D eigenvalue weighted by molar-refractivity contribution is -0.130. The number of alkyl halides is 2. The van der Waals surface area contributed by atoms with E-state index in [1.54, 1.807) is 41.7 Å². The number of carbonyl (C=O) groups is 4. The molecule has 19 heterocycles. The number of amides is 4.